The van der Waals surface area contributed by atoms with E-state index in [0.717, 1.165) is 77.0 Å². The van der Waals surface area contributed by atoms with E-state index in [2.05, 4.69) is 57.2 Å². The molecule has 0 aliphatic rings. The number of esters is 3. The molecule has 0 spiro atoms. The van der Waals surface area contributed by atoms with Gasteiger partial charge in [-0.05, 0) is 57.8 Å². The van der Waals surface area contributed by atoms with Crippen molar-refractivity contribution in [3.8, 4) is 0 Å². The smallest absolute Gasteiger partial charge is 0.306 e. The number of rotatable bonds is 38. The van der Waals surface area contributed by atoms with Crippen LogP contribution in [-0.2, 0) is 28.6 Å². The van der Waals surface area contributed by atoms with E-state index < -0.39 is 6.10 Å². The molecule has 0 saturated heterocycles. The molecule has 0 heterocycles. The van der Waals surface area contributed by atoms with Crippen LogP contribution in [0.3, 0.4) is 0 Å². The number of carbonyl (C=O) groups is 3. The quantitative estimate of drug-likeness (QED) is 0.0274. The molecule has 6 nitrogen and oxygen atoms in total. The Morgan fingerprint density at radius 3 is 1.14 bits per heavy atom. The fraction of sp³-hybridized carbons (Fsp3) is 0.800. The van der Waals surface area contributed by atoms with E-state index in [-0.39, 0.29) is 31.1 Å². The summed E-state index contributed by atoms with van der Waals surface area (Å²) in [6.07, 6.45) is 44.4. The van der Waals surface area contributed by atoms with Gasteiger partial charge in [-0.15, -0.1) is 0 Å². The molecule has 0 aromatic rings. The van der Waals surface area contributed by atoms with Gasteiger partial charge in [0.2, 0.25) is 0 Å². The van der Waals surface area contributed by atoms with Crippen LogP contribution in [0.4, 0.5) is 0 Å². The fourth-order valence-electron chi connectivity index (χ4n) is 5.86. The predicted molar refractivity (Wildman–Crippen MR) is 215 cm³/mol. The highest BCUT2D eigenvalue weighted by molar-refractivity contribution is 5.71. The number of unbranched alkanes of at least 4 members (excludes halogenated alkanes) is 21. The van der Waals surface area contributed by atoms with Crippen LogP contribution in [0.25, 0.3) is 0 Å². The molecule has 1 atom stereocenters. The van der Waals surface area contributed by atoms with Crippen molar-refractivity contribution in [1.82, 2.24) is 0 Å². The normalized spacial score (nSPS) is 12.3. The maximum Gasteiger partial charge on any atom is 0.306 e. The van der Waals surface area contributed by atoms with Crippen LogP contribution in [0.5, 0.6) is 0 Å². The minimum atomic E-state index is -0.767. The molecule has 51 heavy (non-hydrogen) atoms. The molecule has 0 bridgehead atoms. The average Bonchev–Trinajstić information content (AvgIpc) is 3.13. The van der Waals surface area contributed by atoms with Gasteiger partial charge < -0.3 is 14.2 Å². The first kappa shape index (κ1) is 48.6. The molecule has 0 radical (unpaired) electrons. The van der Waals surface area contributed by atoms with Crippen LogP contribution in [0.2, 0.25) is 0 Å². The molecule has 0 saturated carbocycles. The van der Waals surface area contributed by atoms with E-state index in [4.69, 9.17) is 14.2 Å². The van der Waals surface area contributed by atoms with Crippen molar-refractivity contribution in [1.29, 1.82) is 0 Å². The maximum atomic E-state index is 12.6. The Labute approximate surface area is 315 Å². The number of hydrogen-bond acceptors (Lipinski definition) is 6. The maximum absolute atomic E-state index is 12.6. The van der Waals surface area contributed by atoms with Crippen molar-refractivity contribution in [2.75, 3.05) is 13.2 Å². The van der Waals surface area contributed by atoms with Crippen LogP contribution in [0.15, 0.2) is 36.5 Å². The Morgan fingerprint density at radius 2 is 0.706 bits per heavy atom. The zero-order valence-electron chi connectivity index (χ0n) is 33.6. The van der Waals surface area contributed by atoms with Gasteiger partial charge in [-0.1, -0.05) is 173 Å². The van der Waals surface area contributed by atoms with Gasteiger partial charge in [0.15, 0.2) is 6.10 Å². The summed E-state index contributed by atoms with van der Waals surface area (Å²) in [5, 5.41) is 0. The highest BCUT2D eigenvalue weighted by atomic mass is 16.6. The number of ether oxygens (including phenoxy) is 3. The first-order valence-electron chi connectivity index (χ1n) is 21.5. The zero-order chi connectivity index (χ0) is 37.3. The van der Waals surface area contributed by atoms with Crippen LogP contribution < -0.4 is 0 Å². The van der Waals surface area contributed by atoms with Crippen molar-refractivity contribution in [2.24, 2.45) is 0 Å². The largest absolute Gasteiger partial charge is 0.462 e. The molecule has 0 amide bonds. The second-order valence-corrected chi connectivity index (χ2v) is 14.3. The molecule has 0 rings (SSSR count). The Morgan fingerprint density at radius 1 is 0.392 bits per heavy atom. The molecule has 0 aliphatic carbocycles. The van der Waals surface area contributed by atoms with E-state index >= 15 is 0 Å². The number of allylic oxidation sites excluding steroid dienone is 6. The van der Waals surface area contributed by atoms with Gasteiger partial charge >= 0.3 is 17.9 Å². The standard InChI is InChI=1S/C45H80O6/c1-4-7-10-13-16-18-19-20-21-22-23-24-25-26-27-28-30-32-35-38-44(47)50-41-42(40-49-43(46)37-34-31-15-12-9-6-3)51-45(48)39-36-33-29-17-14-11-8-5-2/h16,18,20-21,23-24,42H,4-15,17,19,22,25-41H2,1-3H3/b18-16-,21-20-,24-23-. The first-order chi connectivity index (χ1) is 25.0. The molecule has 0 fully saturated rings. The van der Waals surface area contributed by atoms with Gasteiger partial charge in [0, 0.05) is 19.3 Å². The van der Waals surface area contributed by atoms with E-state index in [9.17, 15) is 14.4 Å². The van der Waals surface area contributed by atoms with Crippen molar-refractivity contribution >= 4 is 17.9 Å². The second kappa shape index (κ2) is 40.4. The van der Waals surface area contributed by atoms with Crippen molar-refractivity contribution in [3.05, 3.63) is 36.5 Å². The summed E-state index contributed by atoms with van der Waals surface area (Å²) in [4.78, 5) is 37.3. The Bertz CT molecular complexity index is 876. The lowest BCUT2D eigenvalue weighted by molar-refractivity contribution is -0.167. The Hall–Kier alpha value is -2.37. The summed E-state index contributed by atoms with van der Waals surface area (Å²) in [5.41, 5.74) is 0. The molecule has 0 N–H and O–H groups in total. The van der Waals surface area contributed by atoms with Gasteiger partial charge in [-0.25, -0.2) is 0 Å². The van der Waals surface area contributed by atoms with Crippen LogP contribution in [-0.4, -0.2) is 37.2 Å². The third-order valence-corrected chi connectivity index (χ3v) is 9.15. The lowest BCUT2D eigenvalue weighted by Crippen LogP contribution is -2.30. The molecule has 6 heteroatoms. The monoisotopic (exact) mass is 717 g/mol. The topological polar surface area (TPSA) is 78.9 Å². The summed E-state index contributed by atoms with van der Waals surface area (Å²) in [5.74, 6) is -0.904. The summed E-state index contributed by atoms with van der Waals surface area (Å²) in [6.45, 7) is 6.49. The third kappa shape index (κ3) is 38.7. The van der Waals surface area contributed by atoms with Crippen molar-refractivity contribution in [3.63, 3.8) is 0 Å². The van der Waals surface area contributed by atoms with E-state index in [1.54, 1.807) is 0 Å². The third-order valence-electron chi connectivity index (χ3n) is 9.15. The minimum Gasteiger partial charge on any atom is -0.462 e. The first-order valence-corrected chi connectivity index (χ1v) is 21.5. The predicted octanol–water partition coefficient (Wildman–Crippen LogP) is 13.4. The van der Waals surface area contributed by atoms with Gasteiger partial charge in [0.25, 0.3) is 0 Å². The van der Waals surface area contributed by atoms with E-state index in [1.165, 1.54) is 96.3 Å². The SMILES string of the molecule is CCCCC/C=C\C/C=C\C/C=C\CCCCCCCCC(=O)OCC(COC(=O)CCCCCCCC)OC(=O)CCCCCCCCCC. The van der Waals surface area contributed by atoms with Gasteiger partial charge in [-0.2, -0.15) is 0 Å². The molecule has 0 aromatic heterocycles. The van der Waals surface area contributed by atoms with E-state index in [0.29, 0.717) is 19.3 Å². The zero-order valence-corrected chi connectivity index (χ0v) is 33.6. The van der Waals surface area contributed by atoms with Gasteiger partial charge in [0.05, 0.1) is 0 Å². The molecular weight excluding hydrogens is 636 g/mol. The Balaban J connectivity index is 4.20. The average molecular weight is 717 g/mol. The van der Waals surface area contributed by atoms with Crippen molar-refractivity contribution < 1.29 is 28.6 Å². The molecule has 0 aromatic carbocycles. The molecular formula is C45H80O6. The number of hydrogen-bond donors (Lipinski definition) is 0. The highest BCUT2D eigenvalue weighted by Crippen LogP contribution is 2.13. The summed E-state index contributed by atoms with van der Waals surface area (Å²) >= 11 is 0. The second-order valence-electron chi connectivity index (χ2n) is 14.3. The molecule has 296 valence electrons. The van der Waals surface area contributed by atoms with Crippen LogP contribution in [0, 0.1) is 0 Å². The van der Waals surface area contributed by atoms with Crippen LogP contribution in [0.1, 0.15) is 213 Å². The molecule has 0 aliphatic heterocycles. The number of carbonyl (C=O) groups excluding carboxylic acids is 3. The fourth-order valence-corrected chi connectivity index (χ4v) is 5.86. The summed E-state index contributed by atoms with van der Waals surface area (Å²) < 4.78 is 16.5. The van der Waals surface area contributed by atoms with Crippen molar-refractivity contribution in [2.45, 2.75) is 219 Å². The summed E-state index contributed by atoms with van der Waals surface area (Å²) in [6, 6.07) is 0. The minimum absolute atomic E-state index is 0.0755. The van der Waals surface area contributed by atoms with Gasteiger partial charge in [0.1, 0.15) is 13.2 Å². The Kier molecular flexibility index (Phi) is 38.5. The summed E-state index contributed by atoms with van der Waals surface area (Å²) in [7, 11) is 0. The molecule has 1 unspecified atom stereocenters. The van der Waals surface area contributed by atoms with Crippen LogP contribution >= 0.6 is 0 Å². The van der Waals surface area contributed by atoms with Gasteiger partial charge in [-0.3, -0.25) is 14.4 Å². The van der Waals surface area contributed by atoms with E-state index in [1.807, 2.05) is 0 Å². The lowest BCUT2D eigenvalue weighted by atomic mass is 10.1. The lowest BCUT2D eigenvalue weighted by Gasteiger charge is -2.18. The highest BCUT2D eigenvalue weighted by Gasteiger charge is 2.19.